The molecule has 1 amide bonds. The van der Waals surface area contributed by atoms with Crippen LogP contribution in [0.5, 0.6) is 5.75 Å². The number of rotatable bonds is 6. The fourth-order valence-electron chi connectivity index (χ4n) is 3.66. The van der Waals surface area contributed by atoms with Gasteiger partial charge in [-0.2, -0.15) is 0 Å². The van der Waals surface area contributed by atoms with Gasteiger partial charge in [0.25, 0.3) is 5.91 Å². The monoisotopic (exact) mass is 409 g/mol. The maximum atomic E-state index is 13.2. The number of fused-ring (bicyclic) bond motifs is 1. The summed E-state index contributed by atoms with van der Waals surface area (Å²) in [7, 11) is 3.40. The van der Waals surface area contributed by atoms with E-state index in [-0.39, 0.29) is 11.7 Å². The molecule has 0 saturated carbocycles. The fraction of sp³-hybridized carbons (Fsp3) is 0.111. The molecule has 4 rings (SSSR count). The van der Waals surface area contributed by atoms with Crippen molar-refractivity contribution < 1.29 is 14.3 Å². The minimum absolute atomic E-state index is 0.155. The molecule has 4 aromatic rings. The Morgan fingerprint density at radius 3 is 2.16 bits per heavy atom. The van der Waals surface area contributed by atoms with Crippen LogP contribution in [0.2, 0.25) is 0 Å². The molecular formula is C27H23NO3. The molecule has 0 unspecified atom stereocenters. The van der Waals surface area contributed by atoms with Gasteiger partial charge in [0.15, 0.2) is 5.78 Å². The predicted molar refractivity (Wildman–Crippen MR) is 123 cm³/mol. The Labute approximate surface area is 181 Å². The van der Waals surface area contributed by atoms with Crippen molar-refractivity contribution in [2.75, 3.05) is 14.2 Å². The minimum Gasteiger partial charge on any atom is -0.497 e. The van der Waals surface area contributed by atoms with Gasteiger partial charge in [0.1, 0.15) is 5.75 Å². The Morgan fingerprint density at radius 1 is 0.774 bits per heavy atom. The van der Waals surface area contributed by atoms with Gasteiger partial charge in [-0.1, -0.05) is 66.7 Å². The molecule has 0 bridgehead atoms. The van der Waals surface area contributed by atoms with E-state index in [4.69, 9.17) is 4.74 Å². The van der Waals surface area contributed by atoms with Crippen LogP contribution in [0.25, 0.3) is 10.8 Å². The average Bonchev–Trinajstić information content (AvgIpc) is 2.83. The zero-order valence-electron chi connectivity index (χ0n) is 17.5. The largest absolute Gasteiger partial charge is 0.497 e. The second-order valence-electron chi connectivity index (χ2n) is 7.45. The number of benzene rings is 4. The Bertz CT molecular complexity index is 1250. The number of amides is 1. The molecular weight excluding hydrogens is 386 g/mol. The van der Waals surface area contributed by atoms with Crippen LogP contribution in [0.15, 0.2) is 91.0 Å². The number of methoxy groups -OCH3 is 1. The van der Waals surface area contributed by atoms with Crippen molar-refractivity contribution in [2.45, 2.75) is 6.54 Å². The number of carbonyl (C=O) groups excluding carboxylic acids is 2. The summed E-state index contributed by atoms with van der Waals surface area (Å²) in [5, 5.41) is 2.16. The van der Waals surface area contributed by atoms with Gasteiger partial charge in [0.05, 0.1) is 12.7 Å². The van der Waals surface area contributed by atoms with Gasteiger partial charge in [0, 0.05) is 24.7 Å². The van der Waals surface area contributed by atoms with Crippen LogP contribution in [0.4, 0.5) is 0 Å². The van der Waals surface area contributed by atoms with Crippen molar-refractivity contribution in [1.82, 2.24) is 4.90 Å². The number of ketones is 1. The third-order valence-corrected chi connectivity index (χ3v) is 5.32. The van der Waals surface area contributed by atoms with E-state index in [1.54, 1.807) is 55.5 Å². The molecule has 0 atom stereocenters. The zero-order valence-corrected chi connectivity index (χ0v) is 17.5. The second-order valence-corrected chi connectivity index (χ2v) is 7.45. The van der Waals surface area contributed by atoms with Crippen molar-refractivity contribution in [1.29, 1.82) is 0 Å². The number of carbonyl (C=O) groups is 2. The van der Waals surface area contributed by atoms with Crippen LogP contribution in [0.3, 0.4) is 0 Å². The molecule has 0 fully saturated rings. The van der Waals surface area contributed by atoms with Gasteiger partial charge in [-0.15, -0.1) is 0 Å². The van der Waals surface area contributed by atoms with E-state index in [1.807, 2.05) is 48.5 Å². The highest BCUT2D eigenvalue weighted by Gasteiger charge is 2.20. The lowest BCUT2D eigenvalue weighted by Gasteiger charge is -2.19. The molecule has 4 heteroatoms. The van der Waals surface area contributed by atoms with E-state index in [9.17, 15) is 9.59 Å². The molecule has 0 aliphatic heterocycles. The van der Waals surface area contributed by atoms with Crippen LogP contribution >= 0.6 is 0 Å². The van der Waals surface area contributed by atoms with Crippen LogP contribution in [0, 0.1) is 0 Å². The lowest BCUT2D eigenvalue weighted by Crippen LogP contribution is -2.28. The molecule has 0 aliphatic rings. The van der Waals surface area contributed by atoms with Gasteiger partial charge in [-0.25, -0.2) is 0 Å². The summed E-state index contributed by atoms with van der Waals surface area (Å²) in [6, 6.07) is 28.0. The third kappa shape index (κ3) is 4.33. The van der Waals surface area contributed by atoms with Crippen molar-refractivity contribution >= 4 is 22.5 Å². The summed E-state index contributed by atoms with van der Waals surface area (Å²) in [6.45, 7) is 0.439. The van der Waals surface area contributed by atoms with Gasteiger partial charge >= 0.3 is 0 Å². The quantitative estimate of drug-likeness (QED) is 0.403. The number of ether oxygens (including phenoxy) is 1. The van der Waals surface area contributed by atoms with E-state index in [1.165, 1.54) is 0 Å². The molecule has 0 spiro atoms. The summed E-state index contributed by atoms with van der Waals surface area (Å²) >= 11 is 0. The SMILES string of the molecule is COc1ccc2cc(CN(C)C(=O)c3ccccc3C(=O)c3ccccc3)ccc2c1. The summed E-state index contributed by atoms with van der Waals surface area (Å²) in [4.78, 5) is 27.8. The maximum Gasteiger partial charge on any atom is 0.254 e. The number of hydrogen-bond donors (Lipinski definition) is 0. The first-order chi connectivity index (χ1) is 15.1. The van der Waals surface area contributed by atoms with Crippen molar-refractivity contribution in [3.8, 4) is 5.75 Å². The summed E-state index contributed by atoms with van der Waals surface area (Å²) in [5.41, 5.74) is 2.40. The highest BCUT2D eigenvalue weighted by atomic mass is 16.5. The third-order valence-electron chi connectivity index (χ3n) is 5.32. The highest BCUT2D eigenvalue weighted by molar-refractivity contribution is 6.15. The van der Waals surface area contributed by atoms with E-state index < -0.39 is 0 Å². The highest BCUT2D eigenvalue weighted by Crippen LogP contribution is 2.23. The lowest BCUT2D eigenvalue weighted by molar-refractivity contribution is 0.0780. The first kappa shape index (κ1) is 20.4. The van der Waals surface area contributed by atoms with E-state index in [0.29, 0.717) is 23.2 Å². The predicted octanol–water partition coefficient (Wildman–Crippen LogP) is 5.35. The Balaban J connectivity index is 1.58. The van der Waals surface area contributed by atoms with Crippen LogP contribution in [-0.4, -0.2) is 30.7 Å². The normalized spacial score (nSPS) is 10.6. The number of hydrogen-bond acceptors (Lipinski definition) is 3. The molecule has 0 N–H and O–H groups in total. The topological polar surface area (TPSA) is 46.6 Å². The molecule has 0 aromatic heterocycles. The molecule has 154 valence electrons. The lowest BCUT2D eigenvalue weighted by atomic mass is 9.97. The zero-order chi connectivity index (χ0) is 21.8. The Morgan fingerprint density at radius 2 is 1.42 bits per heavy atom. The van der Waals surface area contributed by atoms with Crippen LogP contribution in [-0.2, 0) is 6.54 Å². The van der Waals surface area contributed by atoms with E-state index in [0.717, 1.165) is 22.1 Å². The summed E-state index contributed by atoms with van der Waals surface area (Å²) in [5.74, 6) is 0.472. The smallest absolute Gasteiger partial charge is 0.254 e. The number of nitrogens with zero attached hydrogens (tertiary/aromatic N) is 1. The van der Waals surface area contributed by atoms with Crippen molar-refractivity contribution in [2.24, 2.45) is 0 Å². The second kappa shape index (κ2) is 8.84. The van der Waals surface area contributed by atoms with Gasteiger partial charge in [0.2, 0.25) is 0 Å². The maximum absolute atomic E-state index is 13.2. The average molecular weight is 409 g/mol. The first-order valence-electron chi connectivity index (χ1n) is 10.1. The van der Waals surface area contributed by atoms with Crippen molar-refractivity contribution in [3.05, 3.63) is 113 Å². The van der Waals surface area contributed by atoms with E-state index >= 15 is 0 Å². The molecule has 0 aliphatic carbocycles. The Hall–Kier alpha value is -3.92. The molecule has 4 aromatic carbocycles. The Kier molecular flexibility index (Phi) is 5.80. The van der Waals surface area contributed by atoms with Crippen molar-refractivity contribution in [3.63, 3.8) is 0 Å². The van der Waals surface area contributed by atoms with Gasteiger partial charge in [-0.3, -0.25) is 9.59 Å². The minimum atomic E-state index is -0.185. The van der Waals surface area contributed by atoms with E-state index in [2.05, 4.69) is 6.07 Å². The van der Waals surface area contributed by atoms with Crippen LogP contribution < -0.4 is 4.74 Å². The summed E-state index contributed by atoms with van der Waals surface area (Å²) < 4.78 is 5.28. The molecule has 0 radical (unpaired) electrons. The molecule has 0 saturated heterocycles. The standard InChI is InChI=1S/C27H23NO3/c1-28(18-19-12-13-22-17-23(31-2)15-14-21(22)16-19)27(30)25-11-7-6-10-24(25)26(29)20-8-4-3-5-9-20/h3-17H,18H2,1-2H3. The summed E-state index contributed by atoms with van der Waals surface area (Å²) in [6.07, 6.45) is 0. The first-order valence-corrected chi connectivity index (χ1v) is 10.1. The molecule has 0 heterocycles. The van der Waals surface area contributed by atoms with Crippen LogP contribution in [0.1, 0.15) is 31.8 Å². The molecule has 31 heavy (non-hydrogen) atoms. The van der Waals surface area contributed by atoms with Gasteiger partial charge < -0.3 is 9.64 Å². The molecule has 4 nitrogen and oxygen atoms in total. The fourth-order valence-corrected chi connectivity index (χ4v) is 3.66. The van der Waals surface area contributed by atoms with Gasteiger partial charge in [-0.05, 0) is 40.6 Å².